The van der Waals surface area contributed by atoms with Crippen LogP contribution in [0.1, 0.15) is 22.3 Å². The molecule has 6 aromatic carbocycles. The third-order valence-corrected chi connectivity index (χ3v) is 8.58. The second-order valence-corrected chi connectivity index (χ2v) is 11.1. The topological polar surface area (TPSA) is 3.24 Å². The monoisotopic (exact) mass is 683 g/mol. The Morgan fingerprint density at radius 1 is 0.347 bits per heavy atom. The number of anilines is 3. The Bertz CT molecular complexity index is 2150. The largest absolute Gasteiger partial charge is 0.304 e. The summed E-state index contributed by atoms with van der Waals surface area (Å²) in [5.74, 6) is -23.8. The number of halogens is 11. The van der Waals surface area contributed by atoms with Crippen LogP contribution in [0.15, 0.2) is 97.1 Å². The molecule has 7 rings (SSSR count). The minimum absolute atomic E-state index is 0.0876. The van der Waals surface area contributed by atoms with E-state index in [4.69, 9.17) is 0 Å². The van der Waals surface area contributed by atoms with Crippen molar-refractivity contribution in [1.82, 2.24) is 0 Å². The summed E-state index contributed by atoms with van der Waals surface area (Å²) in [6, 6.07) is 22.2. The van der Waals surface area contributed by atoms with Gasteiger partial charge in [-0.3, -0.25) is 0 Å². The van der Waals surface area contributed by atoms with Crippen LogP contribution in [0.3, 0.4) is 0 Å². The van der Waals surface area contributed by atoms with Crippen molar-refractivity contribution in [3.05, 3.63) is 183 Å². The highest BCUT2D eigenvalue weighted by atomic mass is 19.2. The minimum atomic E-state index is -2.67. The molecule has 0 aliphatic carbocycles. The van der Waals surface area contributed by atoms with E-state index in [1.165, 1.54) is 84.9 Å². The maximum atomic E-state index is 16.2. The van der Waals surface area contributed by atoms with Crippen LogP contribution in [-0.2, 0) is 5.41 Å². The lowest BCUT2D eigenvalue weighted by Gasteiger charge is -2.46. The molecule has 0 unspecified atom stereocenters. The van der Waals surface area contributed by atoms with Gasteiger partial charge < -0.3 is 4.90 Å². The normalized spacial score (nSPS) is 13.3. The van der Waals surface area contributed by atoms with E-state index in [-0.39, 0.29) is 22.5 Å². The summed E-state index contributed by atoms with van der Waals surface area (Å²) in [6.45, 7) is 0. The van der Waals surface area contributed by atoms with E-state index in [1.807, 2.05) is 0 Å². The second-order valence-electron chi connectivity index (χ2n) is 11.1. The summed E-state index contributed by atoms with van der Waals surface area (Å²) >= 11 is 0. The first-order valence-electron chi connectivity index (χ1n) is 14.3. The molecule has 1 heterocycles. The number of benzene rings is 6. The quantitative estimate of drug-likeness (QED) is 0.101. The van der Waals surface area contributed by atoms with E-state index in [0.717, 1.165) is 4.90 Å². The smallest absolute Gasteiger partial charge is 0.200 e. The van der Waals surface area contributed by atoms with Gasteiger partial charge in [0.05, 0.1) is 27.9 Å². The van der Waals surface area contributed by atoms with Crippen LogP contribution in [-0.4, -0.2) is 0 Å². The van der Waals surface area contributed by atoms with Crippen LogP contribution in [0, 0.1) is 64.0 Å². The van der Waals surface area contributed by atoms with Gasteiger partial charge in [-0.1, -0.05) is 60.7 Å². The van der Waals surface area contributed by atoms with Crippen LogP contribution in [0.5, 0.6) is 0 Å². The highest BCUT2D eigenvalue weighted by Crippen LogP contribution is 2.58. The third-order valence-electron chi connectivity index (χ3n) is 8.58. The maximum absolute atomic E-state index is 16.2. The fourth-order valence-electron chi connectivity index (χ4n) is 6.54. The van der Waals surface area contributed by atoms with Gasteiger partial charge >= 0.3 is 0 Å². The maximum Gasteiger partial charge on any atom is 0.200 e. The lowest BCUT2D eigenvalue weighted by Crippen LogP contribution is -2.38. The first-order chi connectivity index (χ1) is 23.4. The zero-order valence-electron chi connectivity index (χ0n) is 24.3. The van der Waals surface area contributed by atoms with Crippen LogP contribution in [0.2, 0.25) is 0 Å². The number of rotatable bonds is 4. The highest BCUT2D eigenvalue weighted by molar-refractivity contribution is 5.90. The second kappa shape index (κ2) is 11.5. The zero-order chi connectivity index (χ0) is 34.9. The van der Waals surface area contributed by atoms with E-state index in [0.29, 0.717) is 11.1 Å². The Hall–Kier alpha value is -5.65. The molecule has 0 aromatic heterocycles. The van der Waals surface area contributed by atoms with Crippen molar-refractivity contribution in [3.63, 3.8) is 0 Å². The van der Waals surface area contributed by atoms with Crippen molar-refractivity contribution in [2.75, 3.05) is 4.90 Å². The lowest BCUT2D eigenvalue weighted by molar-refractivity contribution is 0.379. The van der Waals surface area contributed by atoms with Crippen molar-refractivity contribution < 1.29 is 48.3 Å². The Labute approximate surface area is 270 Å². The molecule has 0 spiro atoms. The molecule has 0 bridgehead atoms. The molecule has 0 amide bonds. The summed E-state index contributed by atoms with van der Waals surface area (Å²) in [5.41, 5.74) is -6.19. The molecule has 0 radical (unpaired) electrons. The van der Waals surface area contributed by atoms with Crippen molar-refractivity contribution in [3.8, 4) is 11.1 Å². The first-order valence-corrected chi connectivity index (χ1v) is 14.3. The average molecular weight is 684 g/mol. The molecule has 0 saturated heterocycles. The number of nitrogens with zero attached hydrogens (tertiary/aromatic N) is 1. The molecule has 49 heavy (non-hydrogen) atoms. The zero-order valence-corrected chi connectivity index (χ0v) is 24.3. The van der Waals surface area contributed by atoms with Crippen molar-refractivity contribution in [2.24, 2.45) is 0 Å². The van der Waals surface area contributed by atoms with Gasteiger partial charge in [-0.15, -0.1) is 0 Å². The summed E-state index contributed by atoms with van der Waals surface area (Å²) in [4.78, 5) is 0.801. The number of fused-ring (bicyclic) bond motifs is 2. The molecule has 6 aromatic rings. The predicted molar refractivity (Wildman–Crippen MR) is 158 cm³/mol. The number of hydrogen-bond acceptors (Lipinski definition) is 1. The fourth-order valence-corrected chi connectivity index (χ4v) is 6.54. The number of para-hydroxylation sites is 2. The van der Waals surface area contributed by atoms with Gasteiger partial charge in [0.1, 0.15) is 17.3 Å². The Morgan fingerprint density at radius 2 is 0.673 bits per heavy atom. The molecule has 0 N–H and O–H groups in total. The van der Waals surface area contributed by atoms with Gasteiger partial charge in [-0.25, -0.2) is 48.3 Å². The Balaban J connectivity index is 1.57. The van der Waals surface area contributed by atoms with Crippen LogP contribution in [0.25, 0.3) is 11.1 Å². The van der Waals surface area contributed by atoms with Crippen LogP contribution in [0.4, 0.5) is 65.4 Å². The molecule has 1 aliphatic rings. The molecule has 1 aliphatic heterocycles. The van der Waals surface area contributed by atoms with E-state index in [2.05, 4.69) is 0 Å². The Kier molecular flexibility index (Phi) is 7.49. The summed E-state index contributed by atoms with van der Waals surface area (Å²) < 4.78 is 164. The van der Waals surface area contributed by atoms with Crippen molar-refractivity contribution in [1.29, 1.82) is 0 Å². The summed E-state index contributed by atoms with van der Waals surface area (Å²) in [6.07, 6.45) is 0. The van der Waals surface area contributed by atoms with Gasteiger partial charge in [0.2, 0.25) is 5.82 Å². The highest BCUT2D eigenvalue weighted by Gasteiger charge is 2.48. The first kappa shape index (κ1) is 31.9. The van der Waals surface area contributed by atoms with Crippen LogP contribution >= 0.6 is 0 Å². The molecule has 1 nitrogen and oxygen atoms in total. The third kappa shape index (κ3) is 4.46. The van der Waals surface area contributed by atoms with Gasteiger partial charge in [-0.05, 0) is 58.7 Å². The molecule has 0 saturated carbocycles. The average Bonchev–Trinajstić information content (AvgIpc) is 3.11. The van der Waals surface area contributed by atoms with E-state index in [9.17, 15) is 30.7 Å². The van der Waals surface area contributed by atoms with Crippen LogP contribution < -0.4 is 4.90 Å². The molecule has 0 fully saturated rings. The Morgan fingerprint density at radius 3 is 1.06 bits per heavy atom. The predicted octanol–water partition coefficient (Wildman–Crippen LogP) is 11.0. The van der Waals surface area contributed by atoms with Gasteiger partial charge in [0, 0.05) is 0 Å². The fraction of sp³-hybridized carbons (Fsp3) is 0.0270. The lowest BCUT2D eigenvalue weighted by atomic mass is 9.62. The molecular formula is C37H16F11N. The molecule has 12 heteroatoms. The molecular weight excluding hydrogens is 667 g/mol. The summed E-state index contributed by atoms with van der Waals surface area (Å²) in [7, 11) is 0. The van der Waals surface area contributed by atoms with E-state index < -0.39 is 86.2 Å². The van der Waals surface area contributed by atoms with E-state index in [1.54, 1.807) is 12.1 Å². The molecule has 246 valence electrons. The standard InChI is InChI=1S/C37H16F11N/c38-19-13-9-17(10-14-19)37(18-11-15-20(39)16-12-18)21-5-1-3-7-23(21)49(24-8-4-2-6-22(24)37)36-34(47)29(42)26(30(43)35(36)48)25-27(40)31(44)33(46)32(45)28(25)41/h1-16H. The van der Waals surface area contributed by atoms with E-state index >= 15 is 17.6 Å². The van der Waals surface area contributed by atoms with Gasteiger partial charge in [0.25, 0.3) is 0 Å². The number of hydrogen-bond donors (Lipinski definition) is 0. The van der Waals surface area contributed by atoms with Crippen molar-refractivity contribution >= 4 is 17.1 Å². The minimum Gasteiger partial charge on any atom is -0.304 e. The van der Waals surface area contributed by atoms with Crippen molar-refractivity contribution in [2.45, 2.75) is 5.41 Å². The SMILES string of the molecule is Fc1ccc(C2(c3ccc(F)cc3)c3ccccc3N(c3c(F)c(F)c(-c4c(F)c(F)c(F)c(F)c4F)c(F)c3F)c3ccccc32)cc1. The van der Waals surface area contributed by atoms with Gasteiger partial charge in [0.15, 0.2) is 46.5 Å². The summed E-state index contributed by atoms with van der Waals surface area (Å²) in [5, 5.41) is 0. The molecule has 0 atom stereocenters. The van der Waals surface area contributed by atoms with Gasteiger partial charge in [-0.2, -0.15) is 0 Å².